The monoisotopic (exact) mass is 268 g/mol. The first-order valence-electron chi connectivity index (χ1n) is 6.51. The molecular weight excluding hydrogens is 251 g/mol. The number of hydrogen-bond donors (Lipinski definition) is 0. The van der Waals surface area contributed by atoms with Crippen molar-refractivity contribution in [2.45, 2.75) is 20.0 Å². The number of hydrogen-bond acceptors (Lipinski definition) is 2. The van der Waals surface area contributed by atoms with E-state index < -0.39 is 5.82 Å². The summed E-state index contributed by atoms with van der Waals surface area (Å²) in [6, 6.07) is 15.1. The van der Waals surface area contributed by atoms with Crippen LogP contribution >= 0.6 is 0 Å². The van der Waals surface area contributed by atoms with Crippen LogP contribution in [0.1, 0.15) is 22.3 Å². The van der Waals surface area contributed by atoms with Crippen molar-refractivity contribution in [3.63, 3.8) is 0 Å². The van der Waals surface area contributed by atoms with Crippen molar-refractivity contribution in [1.29, 1.82) is 5.26 Å². The standard InChI is InChI=1S/C17H17FN2/c1-13-5-3-6-14(9-13)11-20(2)12-16-8-4-7-15(10-19)17(16)18/h3-9H,11-12H2,1-2H3. The van der Waals surface area contributed by atoms with E-state index >= 15 is 0 Å². The summed E-state index contributed by atoms with van der Waals surface area (Å²) < 4.78 is 14.0. The van der Waals surface area contributed by atoms with Crippen molar-refractivity contribution in [1.82, 2.24) is 4.90 Å². The molecule has 0 atom stereocenters. The maximum Gasteiger partial charge on any atom is 0.145 e. The number of nitriles is 1. The third-order valence-corrected chi connectivity index (χ3v) is 3.17. The van der Waals surface area contributed by atoms with Crippen molar-refractivity contribution in [3.05, 3.63) is 70.5 Å². The molecule has 2 aromatic rings. The lowest BCUT2D eigenvalue weighted by Crippen LogP contribution is -2.18. The Morgan fingerprint density at radius 1 is 1.15 bits per heavy atom. The van der Waals surface area contributed by atoms with Gasteiger partial charge in [-0.1, -0.05) is 42.0 Å². The molecular formula is C17H17FN2. The molecule has 2 aromatic carbocycles. The van der Waals surface area contributed by atoms with Gasteiger partial charge in [0.15, 0.2) is 0 Å². The molecule has 2 rings (SSSR count). The zero-order chi connectivity index (χ0) is 14.5. The lowest BCUT2D eigenvalue weighted by Gasteiger charge is -2.17. The molecule has 3 heteroatoms. The molecule has 0 spiro atoms. The van der Waals surface area contributed by atoms with Gasteiger partial charge in [-0.2, -0.15) is 5.26 Å². The fourth-order valence-corrected chi connectivity index (χ4v) is 2.26. The van der Waals surface area contributed by atoms with Crippen molar-refractivity contribution in [3.8, 4) is 6.07 Å². The van der Waals surface area contributed by atoms with Crippen LogP contribution in [0.5, 0.6) is 0 Å². The number of benzene rings is 2. The Balaban J connectivity index is 2.09. The summed E-state index contributed by atoms with van der Waals surface area (Å²) in [6.07, 6.45) is 0. The lowest BCUT2D eigenvalue weighted by atomic mass is 10.1. The van der Waals surface area contributed by atoms with Crippen LogP contribution in [0, 0.1) is 24.1 Å². The Morgan fingerprint density at radius 3 is 2.60 bits per heavy atom. The largest absolute Gasteiger partial charge is 0.298 e. The molecule has 102 valence electrons. The van der Waals surface area contributed by atoms with E-state index in [0.29, 0.717) is 12.1 Å². The first-order chi connectivity index (χ1) is 9.60. The van der Waals surface area contributed by atoms with Gasteiger partial charge in [0.2, 0.25) is 0 Å². The van der Waals surface area contributed by atoms with Gasteiger partial charge in [0.25, 0.3) is 0 Å². The van der Waals surface area contributed by atoms with E-state index in [2.05, 4.69) is 25.1 Å². The molecule has 0 heterocycles. The van der Waals surface area contributed by atoms with E-state index in [4.69, 9.17) is 5.26 Å². The number of nitrogens with zero attached hydrogens (tertiary/aromatic N) is 2. The third-order valence-electron chi connectivity index (χ3n) is 3.17. The Bertz CT molecular complexity index is 644. The summed E-state index contributed by atoms with van der Waals surface area (Å²) >= 11 is 0. The maximum atomic E-state index is 14.0. The minimum Gasteiger partial charge on any atom is -0.298 e. The smallest absolute Gasteiger partial charge is 0.145 e. The summed E-state index contributed by atoms with van der Waals surface area (Å²) in [4.78, 5) is 2.04. The molecule has 0 bridgehead atoms. The first kappa shape index (κ1) is 14.2. The van der Waals surface area contributed by atoms with Crippen LogP contribution in [0.15, 0.2) is 42.5 Å². The van der Waals surface area contributed by atoms with Crippen molar-refractivity contribution in [2.75, 3.05) is 7.05 Å². The molecule has 0 aliphatic heterocycles. The van der Waals surface area contributed by atoms with Crippen LogP contribution < -0.4 is 0 Å². The Morgan fingerprint density at radius 2 is 1.90 bits per heavy atom. The second-order valence-corrected chi connectivity index (χ2v) is 5.05. The van der Waals surface area contributed by atoms with Gasteiger partial charge in [-0.15, -0.1) is 0 Å². The van der Waals surface area contributed by atoms with Gasteiger partial charge < -0.3 is 0 Å². The fraction of sp³-hybridized carbons (Fsp3) is 0.235. The second-order valence-electron chi connectivity index (χ2n) is 5.05. The van der Waals surface area contributed by atoms with Crippen molar-refractivity contribution >= 4 is 0 Å². The summed E-state index contributed by atoms with van der Waals surface area (Å²) in [5.74, 6) is -0.411. The first-order valence-corrected chi connectivity index (χ1v) is 6.51. The van der Waals surface area contributed by atoms with E-state index in [1.54, 1.807) is 12.1 Å². The third kappa shape index (κ3) is 3.43. The van der Waals surface area contributed by atoms with Gasteiger partial charge >= 0.3 is 0 Å². The van der Waals surface area contributed by atoms with Crippen LogP contribution in [0.2, 0.25) is 0 Å². The minimum absolute atomic E-state index is 0.103. The summed E-state index contributed by atoms with van der Waals surface area (Å²) in [5, 5.41) is 8.84. The molecule has 0 amide bonds. The Labute approximate surface area is 119 Å². The van der Waals surface area contributed by atoms with Crippen molar-refractivity contribution in [2.24, 2.45) is 0 Å². The average molecular weight is 268 g/mol. The van der Waals surface area contributed by atoms with Gasteiger partial charge in [-0.25, -0.2) is 4.39 Å². The maximum absolute atomic E-state index is 14.0. The molecule has 2 nitrogen and oxygen atoms in total. The summed E-state index contributed by atoms with van der Waals surface area (Å²) in [5.41, 5.74) is 3.07. The van der Waals surface area contributed by atoms with Crippen LogP contribution in [-0.4, -0.2) is 11.9 Å². The molecule has 0 aromatic heterocycles. The molecule has 20 heavy (non-hydrogen) atoms. The van der Waals surface area contributed by atoms with Gasteiger partial charge in [0.1, 0.15) is 11.9 Å². The molecule has 0 saturated heterocycles. The predicted octanol–water partition coefficient (Wildman–Crippen LogP) is 3.64. The van der Waals surface area contributed by atoms with Crippen LogP contribution in [-0.2, 0) is 13.1 Å². The molecule has 0 saturated carbocycles. The van der Waals surface area contributed by atoms with Crippen molar-refractivity contribution < 1.29 is 4.39 Å². The summed E-state index contributed by atoms with van der Waals surface area (Å²) in [7, 11) is 1.95. The molecule has 0 N–H and O–H groups in total. The SMILES string of the molecule is Cc1cccc(CN(C)Cc2cccc(C#N)c2F)c1. The molecule has 0 radical (unpaired) electrons. The topological polar surface area (TPSA) is 27.0 Å². The Kier molecular flexibility index (Phi) is 4.49. The highest BCUT2D eigenvalue weighted by molar-refractivity contribution is 5.35. The highest BCUT2D eigenvalue weighted by Gasteiger charge is 2.10. The lowest BCUT2D eigenvalue weighted by molar-refractivity contribution is 0.313. The molecule has 0 aliphatic rings. The zero-order valence-electron chi connectivity index (χ0n) is 11.7. The zero-order valence-corrected chi connectivity index (χ0v) is 11.7. The number of rotatable bonds is 4. The average Bonchev–Trinajstić information content (AvgIpc) is 2.41. The van der Waals surface area contributed by atoms with E-state index in [1.165, 1.54) is 17.2 Å². The van der Waals surface area contributed by atoms with Crippen LogP contribution in [0.4, 0.5) is 4.39 Å². The minimum atomic E-state index is -0.411. The Hall–Kier alpha value is -2.18. The van der Waals surface area contributed by atoms with Gasteiger partial charge in [0.05, 0.1) is 5.56 Å². The molecule has 0 fully saturated rings. The second kappa shape index (κ2) is 6.31. The normalized spacial score (nSPS) is 10.6. The quantitative estimate of drug-likeness (QED) is 0.846. The molecule has 0 unspecified atom stereocenters. The summed E-state index contributed by atoms with van der Waals surface area (Å²) in [6.45, 7) is 3.28. The molecule has 0 aliphatic carbocycles. The van der Waals surface area contributed by atoms with E-state index in [9.17, 15) is 4.39 Å². The van der Waals surface area contributed by atoms with Gasteiger partial charge in [-0.05, 0) is 25.6 Å². The van der Waals surface area contributed by atoms with E-state index in [0.717, 1.165) is 6.54 Å². The fourth-order valence-electron chi connectivity index (χ4n) is 2.26. The predicted molar refractivity (Wildman–Crippen MR) is 77.5 cm³/mol. The van der Waals surface area contributed by atoms with E-state index in [-0.39, 0.29) is 5.56 Å². The van der Waals surface area contributed by atoms with Gasteiger partial charge in [0, 0.05) is 18.7 Å². The van der Waals surface area contributed by atoms with Crippen LogP contribution in [0.25, 0.3) is 0 Å². The van der Waals surface area contributed by atoms with Crippen LogP contribution in [0.3, 0.4) is 0 Å². The number of halogens is 1. The van der Waals surface area contributed by atoms with Gasteiger partial charge in [-0.3, -0.25) is 4.90 Å². The van der Waals surface area contributed by atoms with E-state index in [1.807, 2.05) is 24.1 Å². The number of aryl methyl sites for hydroxylation is 1. The highest BCUT2D eigenvalue weighted by Crippen LogP contribution is 2.15. The highest BCUT2D eigenvalue weighted by atomic mass is 19.1.